The Morgan fingerprint density at radius 2 is 1.36 bits per heavy atom. The minimum Gasteiger partial charge on any atom is -0.271 e. The lowest BCUT2D eigenvalue weighted by Crippen LogP contribution is -2.37. The molecule has 3 nitrogen and oxygen atoms in total. The highest BCUT2D eigenvalue weighted by Gasteiger charge is 2.40. The molecule has 0 N–H and O–H groups in total. The van der Waals surface area contributed by atoms with Gasteiger partial charge in [-0.25, -0.2) is 0 Å². The largest absolute Gasteiger partial charge is 0.271 e. The van der Waals surface area contributed by atoms with Gasteiger partial charge in [-0.05, 0) is 55.8 Å². The van der Waals surface area contributed by atoms with Crippen LogP contribution in [0.5, 0.6) is 0 Å². The van der Waals surface area contributed by atoms with Crippen molar-refractivity contribution in [2.75, 3.05) is 0 Å². The molecule has 0 atom stereocenters. The van der Waals surface area contributed by atoms with Gasteiger partial charge in [0.25, 0.3) is 11.8 Å². The molecule has 1 aliphatic heterocycles. The van der Waals surface area contributed by atoms with Crippen LogP contribution in [-0.2, 0) is 9.59 Å². The fourth-order valence-electron chi connectivity index (χ4n) is 2.58. The highest BCUT2D eigenvalue weighted by atomic mass is 35.5. The fourth-order valence-corrected chi connectivity index (χ4v) is 3.83. The van der Waals surface area contributed by atoms with E-state index in [9.17, 15) is 9.59 Å². The minimum absolute atomic E-state index is 0.217. The summed E-state index contributed by atoms with van der Waals surface area (Å²) in [4.78, 5) is 28.3. The molecule has 0 saturated heterocycles. The predicted octanol–water partition coefficient (Wildman–Crippen LogP) is 5.27. The monoisotopic (exact) mass is 391 g/mol. The SMILES string of the molecule is CC(C)N1C(=O)C(Sc2ccc(Cl)cc2)=C(c2ccc(Cl)cc2)C1=O. The zero-order chi connectivity index (χ0) is 18.1. The zero-order valence-electron chi connectivity index (χ0n) is 13.6. The fraction of sp³-hybridized carbons (Fsp3) is 0.158. The van der Waals surface area contributed by atoms with Gasteiger partial charge >= 0.3 is 0 Å². The van der Waals surface area contributed by atoms with Crippen molar-refractivity contribution in [1.29, 1.82) is 0 Å². The summed E-state index contributed by atoms with van der Waals surface area (Å²) in [5, 5.41) is 1.20. The predicted molar refractivity (Wildman–Crippen MR) is 103 cm³/mol. The van der Waals surface area contributed by atoms with E-state index in [-0.39, 0.29) is 17.9 Å². The van der Waals surface area contributed by atoms with Crippen molar-refractivity contribution in [2.45, 2.75) is 24.8 Å². The summed E-state index contributed by atoms with van der Waals surface area (Å²) >= 11 is 13.1. The Morgan fingerprint density at radius 3 is 1.88 bits per heavy atom. The molecule has 0 aromatic heterocycles. The quantitative estimate of drug-likeness (QED) is 0.665. The number of rotatable bonds is 4. The Labute approximate surface area is 160 Å². The third-order valence-corrected chi connectivity index (χ3v) is 5.35. The molecule has 0 saturated carbocycles. The second-order valence-electron chi connectivity index (χ2n) is 5.84. The van der Waals surface area contributed by atoms with Gasteiger partial charge in [-0.3, -0.25) is 14.5 Å². The summed E-state index contributed by atoms with van der Waals surface area (Å²) in [6.07, 6.45) is 0. The smallest absolute Gasteiger partial charge is 0.268 e. The molecule has 6 heteroatoms. The number of imide groups is 1. The maximum Gasteiger partial charge on any atom is 0.268 e. The Kier molecular flexibility index (Phi) is 5.23. The molecule has 0 spiro atoms. The van der Waals surface area contributed by atoms with Gasteiger partial charge in [-0.1, -0.05) is 47.1 Å². The molecule has 0 aliphatic carbocycles. The van der Waals surface area contributed by atoms with Gasteiger partial charge in [0, 0.05) is 21.0 Å². The van der Waals surface area contributed by atoms with Crippen LogP contribution in [0.2, 0.25) is 10.0 Å². The van der Waals surface area contributed by atoms with Gasteiger partial charge in [-0.2, -0.15) is 0 Å². The van der Waals surface area contributed by atoms with Crippen molar-refractivity contribution >= 4 is 52.4 Å². The summed E-state index contributed by atoms with van der Waals surface area (Å²) < 4.78 is 0. The number of carbonyl (C=O) groups excluding carboxylic acids is 2. The van der Waals surface area contributed by atoms with Crippen LogP contribution in [0.15, 0.2) is 58.3 Å². The lowest BCUT2D eigenvalue weighted by atomic mass is 10.1. The van der Waals surface area contributed by atoms with Gasteiger partial charge in [-0.15, -0.1) is 0 Å². The maximum absolute atomic E-state index is 12.9. The molecule has 2 aromatic rings. The van der Waals surface area contributed by atoms with Crippen LogP contribution in [0.4, 0.5) is 0 Å². The van der Waals surface area contributed by atoms with E-state index in [4.69, 9.17) is 23.2 Å². The number of amides is 2. The van der Waals surface area contributed by atoms with Crippen LogP contribution in [-0.4, -0.2) is 22.8 Å². The first-order valence-corrected chi connectivity index (χ1v) is 9.27. The lowest BCUT2D eigenvalue weighted by Gasteiger charge is -2.19. The molecular formula is C19H15Cl2NO2S. The zero-order valence-corrected chi connectivity index (χ0v) is 16.0. The normalized spacial score (nSPS) is 14.8. The van der Waals surface area contributed by atoms with E-state index >= 15 is 0 Å². The minimum atomic E-state index is -0.279. The average Bonchev–Trinajstić information content (AvgIpc) is 2.81. The van der Waals surface area contributed by atoms with Gasteiger partial charge in [0.2, 0.25) is 0 Å². The van der Waals surface area contributed by atoms with Crippen LogP contribution in [0.25, 0.3) is 5.57 Å². The number of benzene rings is 2. The number of halogens is 2. The van der Waals surface area contributed by atoms with E-state index < -0.39 is 0 Å². The van der Waals surface area contributed by atoms with E-state index in [1.807, 2.05) is 26.0 Å². The van der Waals surface area contributed by atoms with Gasteiger partial charge in [0.05, 0.1) is 10.5 Å². The summed E-state index contributed by atoms with van der Waals surface area (Å²) in [5.74, 6) is -0.552. The maximum atomic E-state index is 12.9. The van der Waals surface area contributed by atoms with E-state index in [0.717, 1.165) is 4.90 Å². The average molecular weight is 392 g/mol. The van der Waals surface area contributed by atoms with Crippen molar-refractivity contribution in [3.8, 4) is 0 Å². The first kappa shape index (κ1) is 18.1. The molecule has 0 fully saturated rings. The summed E-state index contributed by atoms with van der Waals surface area (Å²) in [7, 11) is 0. The Bertz CT molecular complexity index is 858. The standard InChI is InChI=1S/C19H15Cl2NO2S/c1-11(2)22-18(23)16(12-3-5-13(20)6-4-12)17(19(22)24)25-15-9-7-14(21)8-10-15/h3-11H,1-2H3. The van der Waals surface area contributed by atoms with Gasteiger partial charge in [0.1, 0.15) is 0 Å². The molecule has 128 valence electrons. The third kappa shape index (κ3) is 3.61. The first-order chi connectivity index (χ1) is 11.9. The van der Waals surface area contributed by atoms with Crippen molar-refractivity contribution < 1.29 is 9.59 Å². The summed E-state index contributed by atoms with van der Waals surface area (Å²) in [6, 6.07) is 13.9. The van der Waals surface area contributed by atoms with Crippen molar-refractivity contribution in [3.05, 3.63) is 69.0 Å². The third-order valence-electron chi connectivity index (χ3n) is 3.76. The van der Waals surface area contributed by atoms with E-state index in [1.165, 1.54) is 16.7 Å². The number of nitrogens with zero attached hydrogens (tertiary/aromatic N) is 1. The second kappa shape index (κ2) is 7.24. The lowest BCUT2D eigenvalue weighted by molar-refractivity contribution is -0.138. The molecular weight excluding hydrogens is 377 g/mol. The molecule has 2 aromatic carbocycles. The van der Waals surface area contributed by atoms with Crippen molar-refractivity contribution in [3.63, 3.8) is 0 Å². The van der Waals surface area contributed by atoms with Gasteiger partial charge < -0.3 is 0 Å². The number of carbonyl (C=O) groups is 2. The van der Waals surface area contributed by atoms with Crippen LogP contribution < -0.4 is 0 Å². The summed E-state index contributed by atoms with van der Waals surface area (Å²) in [5.41, 5.74) is 1.10. The first-order valence-electron chi connectivity index (χ1n) is 7.70. The molecule has 25 heavy (non-hydrogen) atoms. The molecule has 0 bridgehead atoms. The van der Waals surface area contributed by atoms with E-state index in [2.05, 4.69) is 0 Å². The van der Waals surface area contributed by atoms with Crippen molar-refractivity contribution in [2.24, 2.45) is 0 Å². The highest BCUT2D eigenvalue weighted by Crippen LogP contribution is 2.40. The van der Waals surface area contributed by atoms with Crippen LogP contribution in [0.3, 0.4) is 0 Å². The topological polar surface area (TPSA) is 37.4 Å². The molecule has 1 aliphatic rings. The van der Waals surface area contributed by atoms with E-state index in [0.29, 0.717) is 26.1 Å². The Balaban J connectivity index is 2.08. The number of thioether (sulfide) groups is 1. The van der Waals surface area contributed by atoms with E-state index in [1.54, 1.807) is 36.4 Å². The van der Waals surface area contributed by atoms with Crippen LogP contribution >= 0.6 is 35.0 Å². The van der Waals surface area contributed by atoms with Crippen LogP contribution in [0.1, 0.15) is 19.4 Å². The number of hydrogen-bond donors (Lipinski definition) is 0. The molecule has 3 rings (SSSR count). The van der Waals surface area contributed by atoms with Gasteiger partial charge in [0.15, 0.2) is 0 Å². The number of hydrogen-bond acceptors (Lipinski definition) is 3. The summed E-state index contributed by atoms with van der Waals surface area (Å²) in [6.45, 7) is 3.65. The molecule has 2 amide bonds. The Hall–Kier alpha value is -1.75. The molecule has 0 radical (unpaired) electrons. The Morgan fingerprint density at radius 1 is 0.840 bits per heavy atom. The highest BCUT2D eigenvalue weighted by molar-refractivity contribution is 8.04. The van der Waals surface area contributed by atoms with Crippen LogP contribution in [0, 0.1) is 0 Å². The molecule has 1 heterocycles. The second-order valence-corrected chi connectivity index (χ2v) is 7.80. The molecule has 0 unspecified atom stereocenters. The van der Waals surface area contributed by atoms with Crippen molar-refractivity contribution in [1.82, 2.24) is 4.90 Å².